The molecule has 0 N–H and O–H groups in total. The van der Waals surface area contributed by atoms with E-state index in [4.69, 9.17) is 37.4 Å². The minimum absolute atomic E-state index is 0.00897. The van der Waals surface area contributed by atoms with Crippen LogP contribution in [0, 0.1) is 0 Å². The minimum Gasteiger partial charge on any atom is -0.474 e. The third-order valence-electron chi connectivity index (χ3n) is 3.77. The fourth-order valence-electron chi connectivity index (χ4n) is 2.60. The van der Waals surface area contributed by atoms with E-state index >= 15 is 0 Å². The second-order valence-corrected chi connectivity index (χ2v) is 6.50. The molecule has 28 heavy (non-hydrogen) atoms. The molecule has 0 fully saturated rings. The number of fused-ring (bicyclic) bond motifs is 1. The van der Waals surface area contributed by atoms with Gasteiger partial charge in [0.2, 0.25) is 6.10 Å². The van der Waals surface area contributed by atoms with Gasteiger partial charge in [0, 0.05) is 0 Å². The van der Waals surface area contributed by atoms with Gasteiger partial charge in [0.1, 0.15) is 11.5 Å². The number of carbonyl (C=O) groups is 1. The van der Waals surface area contributed by atoms with Crippen LogP contribution in [0.25, 0.3) is 6.08 Å². The van der Waals surface area contributed by atoms with Gasteiger partial charge in [0.05, 0.1) is 27.8 Å². The fourth-order valence-corrected chi connectivity index (χ4v) is 3.16. The van der Waals surface area contributed by atoms with E-state index in [1.807, 2.05) is 0 Å². The third-order valence-corrected chi connectivity index (χ3v) is 4.33. The first-order chi connectivity index (χ1) is 13.2. The standard InChI is InChI=1S/C19H13Cl2F3O4/c1-2-26-18(25)12-8-11-15(27-10-6-4-3-5-7-10)13(20)9-14(21)16(11)28-17(12)19(22,23)24/h3-9,17H,2H2,1H3. The Morgan fingerprint density at radius 2 is 1.86 bits per heavy atom. The second-order valence-electron chi connectivity index (χ2n) is 5.69. The maximum absolute atomic E-state index is 13.5. The summed E-state index contributed by atoms with van der Waals surface area (Å²) in [6.07, 6.45) is -6.40. The number of alkyl halides is 3. The predicted octanol–water partition coefficient (Wildman–Crippen LogP) is 6.06. The van der Waals surface area contributed by atoms with Gasteiger partial charge in [-0.25, -0.2) is 4.79 Å². The largest absolute Gasteiger partial charge is 0.474 e. The maximum Gasteiger partial charge on any atom is 0.430 e. The molecule has 3 rings (SSSR count). The highest BCUT2D eigenvalue weighted by atomic mass is 35.5. The number of hydrogen-bond donors (Lipinski definition) is 0. The summed E-state index contributed by atoms with van der Waals surface area (Å²) < 4.78 is 56.0. The Hall–Kier alpha value is -2.38. The van der Waals surface area contributed by atoms with E-state index in [0.717, 1.165) is 6.08 Å². The monoisotopic (exact) mass is 432 g/mol. The van der Waals surface area contributed by atoms with Crippen molar-refractivity contribution in [3.05, 3.63) is 57.6 Å². The number of hydrogen-bond acceptors (Lipinski definition) is 4. The molecule has 0 amide bonds. The number of halogens is 5. The van der Waals surface area contributed by atoms with Gasteiger partial charge < -0.3 is 14.2 Å². The van der Waals surface area contributed by atoms with Gasteiger partial charge in [-0.2, -0.15) is 13.2 Å². The summed E-state index contributed by atoms with van der Waals surface area (Å²) >= 11 is 12.2. The molecule has 1 atom stereocenters. The molecule has 1 unspecified atom stereocenters. The Balaban J connectivity index is 2.17. The molecule has 0 saturated carbocycles. The molecule has 9 heteroatoms. The lowest BCUT2D eigenvalue weighted by Gasteiger charge is -2.29. The van der Waals surface area contributed by atoms with Crippen LogP contribution in [0.3, 0.4) is 0 Å². The van der Waals surface area contributed by atoms with E-state index in [0.29, 0.717) is 5.75 Å². The molecule has 4 nitrogen and oxygen atoms in total. The number of esters is 1. The summed E-state index contributed by atoms with van der Waals surface area (Å²) in [5, 5.41) is -0.102. The van der Waals surface area contributed by atoms with Gasteiger partial charge in [0.15, 0.2) is 5.75 Å². The molecule has 0 spiro atoms. The summed E-state index contributed by atoms with van der Waals surface area (Å²) in [7, 11) is 0. The predicted molar refractivity (Wildman–Crippen MR) is 98.1 cm³/mol. The minimum atomic E-state index is -4.86. The maximum atomic E-state index is 13.5. The Labute approximate surface area is 168 Å². The highest BCUT2D eigenvalue weighted by Gasteiger charge is 2.49. The van der Waals surface area contributed by atoms with Crippen LogP contribution in [0.4, 0.5) is 13.2 Å². The van der Waals surface area contributed by atoms with E-state index in [9.17, 15) is 18.0 Å². The van der Waals surface area contributed by atoms with E-state index < -0.39 is 23.8 Å². The molecule has 0 saturated heterocycles. The zero-order valence-electron chi connectivity index (χ0n) is 14.3. The van der Waals surface area contributed by atoms with Crippen molar-refractivity contribution in [2.45, 2.75) is 19.2 Å². The Bertz CT molecular complexity index is 927. The van der Waals surface area contributed by atoms with Gasteiger partial charge in [-0.3, -0.25) is 0 Å². The lowest BCUT2D eigenvalue weighted by Crippen LogP contribution is -2.41. The SMILES string of the molecule is CCOC(=O)C1=Cc2c(Oc3ccccc3)c(Cl)cc(Cl)c2OC1C(F)(F)F. The Kier molecular flexibility index (Phi) is 5.76. The summed E-state index contributed by atoms with van der Waals surface area (Å²) in [5.41, 5.74) is -0.706. The van der Waals surface area contributed by atoms with Crippen molar-refractivity contribution in [1.82, 2.24) is 0 Å². The summed E-state index contributed by atoms with van der Waals surface area (Å²) in [5.74, 6) is -1.04. The van der Waals surface area contributed by atoms with Crippen molar-refractivity contribution in [3.8, 4) is 17.2 Å². The molecule has 1 aliphatic rings. The number of carbonyl (C=O) groups excluding carboxylic acids is 1. The highest BCUT2D eigenvalue weighted by Crippen LogP contribution is 2.48. The van der Waals surface area contributed by atoms with Crippen LogP contribution in [-0.4, -0.2) is 24.9 Å². The molecule has 0 aromatic heterocycles. The zero-order chi connectivity index (χ0) is 20.5. The average Bonchev–Trinajstić information content (AvgIpc) is 2.64. The Morgan fingerprint density at radius 1 is 1.18 bits per heavy atom. The van der Waals surface area contributed by atoms with Crippen LogP contribution in [0.1, 0.15) is 12.5 Å². The van der Waals surface area contributed by atoms with Crippen molar-refractivity contribution in [3.63, 3.8) is 0 Å². The topological polar surface area (TPSA) is 44.8 Å². The van der Waals surface area contributed by atoms with E-state index in [1.165, 1.54) is 13.0 Å². The molecule has 2 aromatic carbocycles. The highest BCUT2D eigenvalue weighted by molar-refractivity contribution is 6.37. The van der Waals surface area contributed by atoms with Gasteiger partial charge in [-0.05, 0) is 31.2 Å². The molecular weight excluding hydrogens is 420 g/mol. The number of para-hydroxylation sites is 1. The summed E-state index contributed by atoms with van der Waals surface area (Å²) in [6, 6.07) is 9.67. The third kappa shape index (κ3) is 4.05. The first-order valence-electron chi connectivity index (χ1n) is 8.09. The Morgan fingerprint density at radius 3 is 2.46 bits per heavy atom. The van der Waals surface area contributed by atoms with E-state index in [2.05, 4.69) is 0 Å². The molecule has 0 radical (unpaired) electrons. The average molecular weight is 433 g/mol. The summed E-state index contributed by atoms with van der Waals surface area (Å²) in [6.45, 7) is 1.38. The number of rotatable bonds is 4. The second kappa shape index (κ2) is 7.93. The van der Waals surface area contributed by atoms with Crippen molar-refractivity contribution in [2.24, 2.45) is 0 Å². The lowest BCUT2D eigenvalue weighted by molar-refractivity contribution is -0.187. The first kappa shape index (κ1) is 20.4. The fraction of sp³-hybridized carbons (Fsp3) is 0.211. The first-order valence-corrected chi connectivity index (χ1v) is 8.85. The lowest BCUT2D eigenvalue weighted by atomic mass is 10.00. The molecular formula is C19H13Cl2F3O4. The molecule has 148 valence electrons. The molecule has 0 bridgehead atoms. The van der Waals surface area contributed by atoms with Gasteiger partial charge >= 0.3 is 12.1 Å². The van der Waals surface area contributed by atoms with Crippen LogP contribution in [-0.2, 0) is 9.53 Å². The van der Waals surface area contributed by atoms with Crippen molar-refractivity contribution in [1.29, 1.82) is 0 Å². The van der Waals surface area contributed by atoms with Crippen LogP contribution in [0.5, 0.6) is 17.2 Å². The van der Waals surface area contributed by atoms with Crippen LogP contribution in [0.15, 0.2) is 42.0 Å². The van der Waals surface area contributed by atoms with Crippen molar-refractivity contribution in [2.75, 3.05) is 6.61 Å². The summed E-state index contributed by atoms with van der Waals surface area (Å²) in [4.78, 5) is 12.1. The van der Waals surface area contributed by atoms with Crippen LogP contribution < -0.4 is 9.47 Å². The number of benzene rings is 2. The number of ether oxygens (including phenoxy) is 3. The van der Waals surface area contributed by atoms with Crippen LogP contribution >= 0.6 is 23.2 Å². The quantitative estimate of drug-likeness (QED) is 0.551. The van der Waals surface area contributed by atoms with Gasteiger partial charge in [0.25, 0.3) is 0 Å². The van der Waals surface area contributed by atoms with Gasteiger partial charge in [-0.15, -0.1) is 0 Å². The molecule has 1 aliphatic heterocycles. The normalized spacial score (nSPS) is 15.9. The zero-order valence-corrected chi connectivity index (χ0v) is 15.9. The van der Waals surface area contributed by atoms with Gasteiger partial charge in [-0.1, -0.05) is 41.4 Å². The molecule has 2 aromatic rings. The molecule has 1 heterocycles. The smallest absolute Gasteiger partial charge is 0.430 e. The van der Waals surface area contributed by atoms with E-state index in [1.54, 1.807) is 30.3 Å². The van der Waals surface area contributed by atoms with E-state index in [-0.39, 0.29) is 33.7 Å². The van der Waals surface area contributed by atoms with Crippen molar-refractivity contribution < 1.29 is 32.2 Å². The van der Waals surface area contributed by atoms with Crippen LogP contribution in [0.2, 0.25) is 10.0 Å². The van der Waals surface area contributed by atoms with Crippen molar-refractivity contribution >= 4 is 35.2 Å². The molecule has 0 aliphatic carbocycles.